The third kappa shape index (κ3) is 2.72. The van der Waals surface area contributed by atoms with E-state index in [-0.39, 0.29) is 5.69 Å². The monoisotopic (exact) mass is 334 g/mol. The quantitative estimate of drug-likeness (QED) is 0.557. The van der Waals surface area contributed by atoms with Crippen LogP contribution in [0, 0.1) is 0 Å². The van der Waals surface area contributed by atoms with Crippen LogP contribution in [0.2, 0.25) is 0 Å². The summed E-state index contributed by atoms with van der Waals surface area (Å²) in [7, 11) is 1.33. The summed E-state index contributed by atoms with van der Waals surface area (Å²) < 4.78 is 10.5. The zero-order valence-corrected chi connectivity index (χ0v) is 13.3. The van der Waals surface area contributed by atoms with E-state index in [0.717, 1.165) is 21.8 Å². The maximum atomic E-state index is 11.7. The first kappa shape index (κ1) is 14.9. The van der Waals surface area contributed by atoms with Crippen LogP contribution in [0.5, 0.6) is 11.6 Å². The molecule has 0 bridgehead atoms. The van der Waals surface area contributed by atoms with Crippen molar-refractivity contribution in [2.45, 2.75) is 0 Å². The van der Waals surface area contributed by atoms with Gasteiger partial charge in [0.2, 0.25) is 5.88 Å². The van der Waals surface area contributed by atoms with Crippen molar-refractivity contribution in [3.63, 3.8) is 0 Å². The predicted molar refractivity (Wildman–Crippen MR) is 93.7 cm³/mol. The van der Waals surface area contributed by atoms with Crippen LogP contribution in [0.4, 0.5) is 5.69 Å². The number of nitrogens with one attached hydrogen (secondary N) is 1. The highest BCUT2D eigenvalue weighted by Gasteiger charge is 2.12. The molecule has 4 rings (SSSR count). The molecule has 3 N–H and O–H groups in total. The number of nitrogen functional groups attached to an aromatic ring is 1. The number of hydrogen-bond acceptors (Lipinski definition) is 6. The van der Waals surface area contributed by atoms with Crippen molar-refractivity contribution in [3.05, 3.63) is 54.5 Å². The number of fused-ring (bicyclic) bond motifs is 3. The number of carbonyl (C=O) groups excluding carboxylic acids is 1. The van der Waals surface area contributed by atoms with Crippen molar-refractivity contribution in [2.24, 2.45) is 0 Å². The Kier molecular flexibility index (Phi) is 3.46. The Morgan fingerprint density at radius 1 is 1.04 bits per heavy atom. The highest BCUT2D eigenvalue weighted by Crippen LogP contribution is 2.30. The van der Waals surface area contributed by atoms with Crippen molar-refractivity contribution in [3.8, 4) is 11.6 Å². The van der Waals surface area contributed by atoms with Crippen LogP contribution >= 0.6 is 0 Å². The number of anilines is 1. The lowest BCUT2D eigenvalue weighted by molar-refractivity contribution is 0.0594. The molecule has 0 saturated carbocycles. The third-order valence-electron chi connectivity index (χ3n) is 3.83. The second kappa shape index (κ2) is 5.79. The van der Waals surface area contributed by atoms with Crippen LogP contribution in [0.15, 0.2) is 48.8 Å². The molecule has 0 aliphatic carbocycles. The Morgan fingerprint density at radius 3 is 2.64 bits per heavy atom. The zero-order chi connectivity index (χ0) is 17.4. The van der Waals surface area contributed by atoms with Crippen LogP contribution in [0.1, 0.15) is 10.5 Å². The Morgan fingerprint density at radius 2 is 1.88 bits per heavy atom. The van der Waals surface area contributed by atoms with E-state index in [0.29, 0.717) is 17.3 Å². The number of aromatic nitrogens is 3. The smallest absolute Gasteiger partial charge is 0.356 e. The molecule has 7 heteroatoms. The molecular formula is C18H14N4O3. The molecule has 3 heterocycles. The van der Waals surface area contributed by atoms with Gasteiger partial charge in [-0.05, 0) is 30.3 Å². The molecule has 1 aromatic carbocycles. The van der Waals surface area contributed by atoms with Gasteiger partial charge in [-0.3, -0.25) is 0 Å². The molecule has 0 fully saturated rings. The number of rotatable bonds is 3. The number of nitrogens with two attached hydrogens (primary N) is 1. The summed E-state index contributed by atoms with van der Waals surface area (Å²) in [5, 5.41) is 1.77. The fourth-order valence-electron chi connectivity index (χ4n) is 2.63. The fourth-order valence-corrected chi connectivity index (χ4v) is 2.63. The van der Waals surface area contributed by atoms with E-state index in [4.69, 9.17) is 15.2 Å². The summed E-state index contributed by atoms with van der Waals surface area (Å²) in [6.07, 6.45) is 3.15. The number of H-pyrrole nitrogens is 1. The van der Waals surface area contributed by atoms with E-state index in [1.54, 1.807) is 24.4 Å². The minimum absolute atomic E-state index is 0.252. The lowest BCUT2D eigenvalue weighted by Gasteiger charge is -2.05. The fraction of sp³-hybridized carbons (Fsp3) is 0.0556. The van der Waals surface area contributed by atoms with Crippen molar-refractivity contribution in [1.29, 1.82) is 0 Å². The molecule has 0 amide bonds. The summed E-state index contributed by atoms with van der Waals surface area (Å²) >= 11 is 0. The van der Waals surface area contributed by atoms with Crippen molar-refractivity contribution in [2.75, 3.05) is 12.8 Å². The number of aromatic amines is 1. The van der Waals surface area contributed by atoms with Gasteiger partial charge in [0.15, 0.2) is 0 Å². The highest BCUT2D eigenvalue weighted by atomic mass is 16.5. The van der Waals surface area contributed by atoms with E-state index in [2.05, 4.69) is 15.0 Å². The van der Waals surface area contributed by atoms with Gasteiger partial charge in [-0.15, -0.1) is 0 Å². The first-order valence-corrected chi connectivity index (χ1v) is 7.53. The van der Waals surface area contributed by atoms with Gasteiger partial charge in [0.25, 0.3) is 0 Å². The first-order valence-electron chi connectivity index (χ1n) is 7.53. The average Bonchev–Trinajstić information content (AvgIpc) is 3.00. The molecule has 7 nitrogen and oxygen atoms in total. The molecule has 25 heavy (non-hydrogen) atoms. The summed E-state index contributed by atoms with van der Waals surface area (Å²) in [6.45, 7) is 0. The Bertz CT molecular complexity index is 1090. The first-order chi connectivity index (χ1) is 12.1. The van der Waals surface area contributed by atoms with Crippen LogP contribution in [0.3, 0.4) is 0 Å². The molecule has 0 saturated heterocycles. The van der Waals surface area contributed by atoms with Crippen molar-refractivity contribution >= 4 is 33.5 Å². The van der Waals surface area contributed by atoms with E-state index in [1.165, 1.54) is 13.3 Å². The molecule has 0 aliphatic heterocycles. The second-order valence-corrected chi connectivity index (χ2v) is 5.47. The SMILES string of the molecule is COC(=O)c1cc2c(cn1)[nH]c1ccc(Oc3ccc(N)cn3)cc12. The number of carbonyl (C=O) groups is 1. The Hall–Kier alpha value is -3.61. The number of methoxy groups -OCH3 is 1. The molecule has 3 aromatic heterocycles. The van der Waals surface area contributed by atoms with Gasteiger partial charge in [-0.25, -0.2) is 14.8 Å². The summed E-state index contributed by atoms with van der Waals surface area (Å²) in [5.74, 6) is 0.599. The number of benzene rings is 1. The largest absolute Gasteiger partial charge is 0.464 e. The molecule has 0 radical (unpaired) electrons. The van der Waals surface area contributed by atoms with Gasteiger partial charge in [0, 0.05) is 22.4 Å². The third-order valence-corrected chi connectivity index (χ3v) is 3.83. The standard InChI is InChI=1S/C18H14N4O3/c1-24-18(23)15-7-13-12-6-11(25-17-5-2-10(19)8-21-17)3-4-14(12)22-16(13)9-20-15/h2-9,22H,19H2,1H3. The van der Waals surface area contributed by atoms with Gasteiger partial charge in [-0.1, -0.05) is 0 Å². The average molecular weight is 334 g/mol. The maximum Gasteiger partial charge on any atom is 0.356 e. The minimum Gasteiger partial charge on any atom is -0.464 e. The van der Waals surface area contributed by atoms with Crippen LogP contribution in [-0.4, -0.2) is 28.0 Å². The topological polar surface area (TPSA) is 103 Å². The van der Waals surface area contributed by atoms with Gasteiger partial charge in [-0.2, -0.15) is 0 Å². The Labute approximate surface area is 142 Å². The van der Waals surface area contributed by atoms with Crippen molar-refractivity contribution < 1.29 is 14.3 Å². The second-order valence-electron chi connectivity index (χ2n) is 5.47. The number of hydrogen-bond donors (Lipinski definition) is 2. The summed E-state index contributed by atoms with van der Waals surface area (Å²) in [4.78, 5) is 23.2. The lowest BCUT2D eigenvalue weighted by atomic mass is 10.1. The van der Waals surface area contributed by atoms with Gasteiger partial charge in [0.1, 0.15) is 11.4 Å². The molecule has 124 valence electrons. The lowest BCUT2D eigenvalue weighted by Crippen LogP contribution is -2.03. The molecule has 0 atom stereocenters. The summed E-state index contributed by atoms with van der Waals surface area (Å²) in [5.41, 5.74) is 8.19. The van der Waals surface area contributed by atoms with Crippen LogP contribution < -0.4 is 10.5 Å². The van der Waals surface area contributed by atoms with Crippen LogP contribution in [0.25, 0.3) is 21.8 Å². The number of nitrogens with zero attached hydrogens (tertiary/aromatic N) is 2. The van der Waals surface area contributed by atoms with Gasteiger partial charge in [0.05, 0.1) is 30.7 Å². The normalized spacial score (nSPS) is 10.9. The highest BCUT2D eigenvalue weighted by molar-refractivity contribution is 6.09. The van der Waals surface area contributed by atoms with Crippen molar-refractivity contribution in [1.82, 2.24) is 15.0 Å². The molecule has 0 spiro atoms. The van der Waals surface area contributed by atoms with E-state index in [9.17, 15) is 4.79 Å². The molecular weight excluding hydrogens is 320 g/mol. The number of esters is 1. The van der Waals surface area contributed by atoms with E-state index in [1.807, 2.05) is 18.2 Å². The van der Waals surface area contributed by atoms with Gasteiger partial charge < -0.3 is 20.2 Å². The summed E-state index contributed by atoms with van der Waals surface area (Å²) in [6, 6.07) is 10.7. The Balaban J connectivity index is 1.78. The molecule has 4 aromatic rings. The maximum absolute atomic E-state index is 11.7. The molecule has 0 aliphatic rings. The van der Waals surface area contributed by atoms with Crippen LogP contribution in [-0.2, 0) is 4.74 Å². The number of pyridine rings is 2. The number of ether oxygens (including phenoxy) is 2. The molecule has 0 unspecified atom stereocenters. The zero-order valence-electron chi connectivity index (χ0n) is 13.3. The predicted octanol–water partition coefficient (Wildman–Crippen LogP) is 3.27. The van der Waals surface area contributed by atoms with E-state index >= 15 is 0 Å². The minimum atomic E-state index is -0.477. The van der Waals surface area contributed by atoms with E-state index < -0.39 is 5.97 Å². The van der Waals surface area contributed by atoms with Gasteiger partial charge >= 0.3 is 5.97 Å².